The molecule has 1 aromatic heterocycles. The van der Waals surface area contributed by atoms with E-state index in [1.165, 1.54) is 51.8 Å². The van der Waals surface area contributed by atoms with E-state index in [1.54, 1.807) is 47.6 Å². The number of hydrogen-bond donors (Lipinski definition) is 0. The molecule has 0 fully saturated rings. The summed E-state index contributed by atoms with van der Waals surface area (Å²) in [7, 11) is 0. The molecular weight excluding hydrogens is 535 g/mol. The molecule has 0 atom stereocenters. The van der Waals surface area contributed by atoms with E-state index in [-0.39, 0.29) is 0 Å². The van der Waals surface area contributed by atoms with Crippen molar-refractivity contribution in [3.05, 3.63) is 18.2 Å². The molecule has 0 unspecified atom stereocenters. The number of imide groups is 1. The minimum atomic E-state index is -2.86. The van der Waals surface area contributed by atoms with Crippen LogP contribution in [-0.4, -0.2) is 46.7 Å². The first-order valence-electron chi connectivity index (χ1n) is 13.0. The summed E-state index contributed by atoms with van der Waals surface area (Å²) < 4.78 is 16.1. The number of anilines is 1. The predicted molar refractivity (Wildman–Crippen MR) is 144 cm³/mol. The van der Waals surface area contributed by atoms with Crippen LogP contribution in [0.3, 0.4) is 0 Å². The van der Waals surface area contributed by atoms with E-state index in [0.717, 1.165) is 8.61 Å². The van der Waals surface area contributed by atoms with Crippen molar-refractivity contribution in [2.24, 2.45) is 0 Å². The van der Waals surface area contributed by atoms with Gasteiger partial charge < -0.3 is 0 Å². The average molecular weight is 583 g/mol. The quantitative estimate of drug-likeness (QED) is 0.249. The van der Waals surface area contributed by atoms with Crippen LogP contribution in [0.25, 0.3) is 0 Å². The molecule has 1 aromatic rings. The van der Waals surface area contributed by atoms with Crippen molar-refractivity contribution < 1.29 is 19.1 Å². The summed E-state index contributed by atoms with van der Waals surface area (Å²) in [6.07, 6.45) is 5.59. The van der Waals surface area contributed by atoms with Gasteiger partial charge in [-0.2, -0.15) is 0 Å². The molecule has 6 nitrogen and oxygen atoms in total. The standard InChI is InChI=1S/C15H21N2O4.3C4H9.Sn/c1-14(2,3)20-12(18)17(11-9-7-8-10-16-11)13(19)21-15(4,5)6;3*1-3-4-2;/h7-9H,1-6H3;3*1,3-4H2,2H3;. The van der Waals surface area contributed by atoms with Gasteiger partial charge in [-0.15, -0.1) is 0 Å². The third-order valence-electron chi connectivity index (χ3n) is 5.69. The van der Waals surface area contributed by atoms with Crippen LogP contribution in [0.5, 0.6) is 0 Å². The molecule has 0 aliphatic heterocycles. The summed E-state index contributed by atoms with van der Waals surface area (Å²) in [6, 6.07) is 5.80. The Labute approximate surface area is 212 Å². The van der Waals surface area contributed by atoms with E-state index in [1.807, 2.05) is 6.07 Å². The Hall–Kier alpha value is -1.31. The molecule has 0 saturated heterocycles. The van der Waals surface area contributed by atoms with E-state index in [9.17, 15) is 9.59 Å². The van der Waals surface area contributed by atoms with Crippen molar-refractivity contribution in [1.82, 2.24) is 4.98 Å². The van der Waals surface area contributed by atoms with Gasteiger partial charge >= 0.3 is 213 Å². The van der Waals surface area contributed by atoms with Crippen LogP contribution in [0, 0.1) is 0 Å². The number of carbonyl (C=O) groups excluding carboxylic acids is 2. The van der Waals surface area contributed by atoms with Crippen LogP contribution < -0.4 is 8.61 Å². The third-order valence-corrected chi connectivity index (χ3v) is 20.8. The number of nitrogens with zero attached hydrogens (tertiary/aromatic N) is 2. The second-order valence-corrected chi connectivity index (χ2v) is 24.3. The number of hydrogen-bond acceptors (Lipinski definition) is 5. The number of rotatable bonds is 11. The Balaban J connectivity index is 3.56. The second-order valence-electron chi connectivity index (χ2n) is 11.3. The van der Waals surface area contributed by atoms with Gasteiger partial charge in [-0.1, -0.05) is 0 Å². The molecule has 194 valence electrons. The van der Waals surface area contributed by atoms with Crippen molar-refractivity contribution in [2.75, 3.05) is 4.90 Å². The van der Waals surface area contributed by atoms with Crippen LogP contribution in [-0.2, 0) is 9.47 Å². The predicted octanol–water partition coefficient (Wildman–Crippen LogP) is 7.81. The molecule has 0 saturated carbocycles. The Morgan fingerprint density at radius 3 is 1.56 bits per heavy atom. The molecule has 1 rings (SSSR count). The number of amides is 2. The molecule has 34 heavy (non-hydrogen) atoms. The van der Waals surface area contributed by atoms with Gasteiger partial charge in [-0.25, -0.2) is 0 Å². The summed E-state index contributed by atoms with van der Waals surface area (Å²) in [5, 5.41) is 0. The number of pyridine rings is 1. The van der Waals surface area contributed by atoms with Crippen LogP contribution in [0.15, 0.2) is 18.2 Å². The van der Waals surface area contributed by atoms with Gasteiger partial charge in [0.2, 0.25) is 0 Å². The number of carbonyl (C=O) groups is 2. The molecule has 0 aromatic carbocycles. The summed E-state index contributed by atoms with van der Waals surface area (Å²) in [5.41, 5.74) is -1.50. The zero-order chi connectivity index (χ0) is 26.0. The summed E-state index contributed by atoms with van der Waals surface area (Å²) in [4.78, 5) is 32.3. The average Bonchev–Trinajstić information content (AvgIpc) is 2.71. The van der Waals surface area contributed by atoms with Crippen molar-refractivity contribution >= 4 is 40.1 Å². The van der Waals surface area contributed by atoms with Gasteiger partial charge in [0, 0.05) is 0 Å². The zero-order valence-electron chi connectivity index (χ0n) is 23.1. The third kappa shape index (κ3) is 10.1. The summed E-state index contributed by atoms with van der Waals surface area (Å²) >= 11 is -2.86. The first kappa shape index (κ1) is 30.7. The fourth-order valence-corrected chi connectivity index (χ4v) is 19.5. The van der Waals surface area contributed by atoms with Gasteiger partial charge in [0.15, 0.2) is 0 Å². The Morgan fingerprint density at radius 1 is 0.794 bits per heavy atom. The normalized spacial score (nSPS) is 12.4. The van der Waals surface area contributed by atoms with E-state index in [0.29, 0.717) is 5.82 Å². The van der Waals surface area contributed by atoms with Crippen LogP contribution in [0.1, 0.15) is 101 Å². The van der Waals surface area contributed by atoms with E-state index < -0.39 is 41.8 Å². The fourth-order valence-electron chi connectivity index (χ4n) is 4.02. The molecule has 7 heteroatoms. The molecule has 0 radical (unpaired) electrons. The van der Waals surface area contributed by atoms with Gasteiger partial charge in [-0.3, -0.25) is 0 Å². The van der Waals surface area contributed by atoms with E-state index >= 15 is 0 Å². The first-order chi connectivity index (χ1) is 15.8. The van der Waals surface area contributed by atoms with Crippen LogP contribution in [0.2, 0.25) is 13.3 Å². The molecule has 2 amide bonds. The first-order valence-corrected chi connectivity index (χ1v) is 20.5. The maximum absolute atomic E-state index is 13.1. The van der Waals surface area contributed by atoms with Gasteiger partial charge in [0.25, 0.3) is 0 Å². The van der Waals surface area contributed by atoms with Gasteiger partial charge in [-0.05, 0) is 0 Å². The van der Waals surface area contributed by atoms with Crippen LogP contribution >= 0.6 is 0 Å². The Kier molecular flexibility index (Phi) is 12.4. The molecule has 0 aliphatic carbocycles. The monoisotopic (exact) mass is 584 g/mol. The summed E-state index contributed by atoms with van der Waals surface area (Å²) in [6.45, 7) is 17.4. The summed E-state index contributed by atoms with van der Waals surface area (Å²) in [5.74, 6) is 0.298. The van der Waals surface area contributed by atoms with Crippen molar-refractivity contribution in [1.29, 1.82) is 0 Å². The topological polar surface area (TPSA) is 68.7 Å². The van der Waals surface area contributed by atoms with Crippen molar-refractivity contribution in [2.45, 2.75) is 125 Å². The van der Waals surface area contributed by atoms with Crippen molar-refractivity contribution in [3.63, 3.8) is 0 Å². The second kappa shape index (κ2) is 13.7. The van der Waals surface area contributed by atoms with Gasteiger partial charge in [0.05, 0.1) is 0 Å². The van der Waals surface area contributed by atoms with Gasteiger partial charge in [0.1, 0.15) is 0 Å². The molecular formula is C27H48N2O4Sn. The van der Waals surface area contributed by atoms with E-state index in [2.05, 4.69) is 26.8 Å². The Morgan fingerprint density at radius 2 is 1.21 bits per heavy atom. The van der Waals surface area contributed by atoms with Crippen LogP contribution in [0.4, 0.5) is 15.4 Å². The molecule has 0 N–H and O–H groups in total. The SMILES string of the molecule is CCC[CH2][Sn]([CH2]CCC)([CH2]CCC)[c]1cccc(N(C(=O)OC(C)(C)C)C(=O)OC(C)(C)C)n1. The molecule has 0 spiro atoms. The molecule has 1 heterocycles. The van der Waals surface area contributed by atoms with E-state index in [4.69, 9.17) is 14.5 Å². The number of ether oxygens (including phenoxy) is 2. The number of unbranched alkanes of at least 4 members (excludes halogenated alkanes) is 3. The zero-order valence-corrected chi connectivity index (χ0v) is 26.0. The van der Waals surface area contributed by atoms with Crippen molar-refractivity contribution in [3.8, 4) is 0 Å². The molecule has 0 bridgehead atoms. The fraction of sp³-hybridized carbons (Fsp3) is 0.741. The number of aromatic nitrogens is 1. The maximum atomic E-state index is 13.1. The Bertz CT molecular complexity index is 734. The molecule has 0 aliphatic rings. The minimum absolute atomic E-state index is 0.298.